The molecule has 0 amide bonds. The molecular weight excluding hydrogens is 266 g/mol. The number of hydrogen-bond donors (Lipinski definition) is 1. The van der Waals surface area contributed by atoms with Gasteiger partial charge in [0.05, 0.1) is 11.5 Å². The summed E-state index contributed by atoms with van der Waals surface area (Å²) in [6.07, 6.45) is 0.530. The summed E-state index contributed by atoms with van der Waals surface area (Å²) in [7, 11) is 1.70. The molecule has 2 aromatic heterocycles. The SMILES string of the molecule is CCc1nn(C)c(NCc2nc(C)cs2)c1[N+](=O)[O-]. The standard InChI is InChI=1S/C11H15N5O2S/c1-4-8-10(16(17)18)11(15(3)14-8)12-5-9-13-7(2)6-19-9/h6,12H,4-5H2,1-3H3. The number of aromatic nitrogens is 3. The van der Waals surface area contributed by atoms with Gasteiger partial charge in [-0.15, -0.1) is 11.3 Å². The summed E-state index contributed by atoms with van der Waals surface area (Å²) in [5, 5.41) is 21.2. The van der Waals surface area contributed by atoms with Gasteiger partial charge in [-0.3, -0.25) is 10.1 Å². The lowest BCUT2D eigenvalue weighted by atomic mass is 10.3. The quantitative estimate of drug-likeness (QED) is 0.671. The van der Waals surface area contributed by atoms with Crippen LogP contribution in [0.25, 0.3) is 0 Å². The monoisotopic (exact) mass is 281 g/mol. The Labute approximate surface area is 114 Å². The van der Waals surface area contributed by atoms with Crippen LogP contribution in [-0.4, -0.2) is 19.7 Å². The van der Waals surface area contributed by atoms with E-state index in [4.69, 9.17) is 0 Å². The van der Waals surface area contributed by atoms with Crippen LogP contribution in [0.1, 0.15) is 23.3 Å². The van der Waals surface area contributed by atoms with Crippen LogP contribution in [0.2, 0.25) is 0 Å². The minimum absolute atomic E-state index is 0.0540. The molecule has 19 heavy (non-hydrogen) atoms. The first-order valence-corrected chi connectivity index (χ1v) is 6.76. The lowest BCUT2D eigenvalue weighted by Crippen LogP contribution is -2.06. The first-order valence-electron chi connectivity index (χ1n) is 5.88. The maximum absolute atomic E-state index is 11.1. The predicted molar refractivity (Wildman–Crippen MR) is 73.4 cm³/mol. The predicted octanol–water partition coefficient (Wildman–Crippen LogP) is 2.27. The highest BCUT2D eigenvalue weighted by Gasteiger charge is 2.25. The van der Waals surface area contributed by atoms with Crippen molar-refractivity contribution in [3.8, 4) is 0 Å². The number of hydrogen-bond acceptors (Lipinski definition) is 6. The fourth-order valence-electron chi connectivity index (χ4n) is 1.84. The van der Waals surface area contributed by atoms with Crippen LogP contribution in [0.3, 0.4) is 0 Å². The lowest BCUT2D eigenvalue weighted by Gasteiger charge is -2.03. The van der Waals surface area contributed by atoms with E-state index in [9.17, 15) is 10.1 Å². The molecule has 2 rings (SSSR count). The van der Waals surface area contributed by atoms with E-state index in [-0.39, 0.29) is 10.6 Å². The molecule has 1 N–H and O–H groups in total. The molecule has 0 aromatic carbocycles. The van der Waals surface area contributed by atoms with Gasteiger partial charge in [0.25, 0.3) is 0 Å². The fourth-order valence-corrected chi connectivity index (χ4v) is 2.55. The van der Waals surface area contributed by atoms with Gasteiger partial charge in [-0.1, -0.05) is 6.92 Å². The van der Waals surface area contributed by atoms with Crippen molar-refractivity contribution < 1.29 is 4.92 Å². The third-order valence-electron chi connectivity index (χ3n) is 2.68. The third kappa shape index (κ3) is 2.73. The minimum atomic E-state index is -0.388. The maximum atomic E-state index is 11.1. The molecule has 0 aliphatic carbocycles. The summed E-state index contributed by atoms with van der Waals surface area (Å²) in [5.41, 5.74) is 1.50. The molecule has 0 aliphatic rings. The molecular formula is C11H15N5O2S. The van der Waals surface area contributed by atoms with Crippen molar-refractivity contribution in [2.45, 2.75) is 26.8 Å². The van der Waals surface area contributed by atoms with E-state index >= 15 is 0 Å². The molecule has 0 radical (unpaired) electrons. The lowest BCUT2D eigenvalue weighted by molar-refractivity contribution is -0.384. The molecule has 7 nitrogen and oxygen atoms in total. The Hall–Kier alpha value is -1.96. The van der Waals surface area contributed by atoms with Gasteiger partial charge in [0.15, 0.2) is 0 Å². The first kappa shape index (κ1) is 13.5. The Bertz CT molecular complexity index is 604. The van der Waals surface area contributed by atoms with Crippen LogP contribution in [0.15, 0.2) is 5.38 Å². The number of nitro groups is 1. The van der Waals surface area contributed by atoms with Crippen molar-refractivity contribution in [1.29, 1.82) is 0 Å². The van der Waals surface area contributed by atoms with E-state index in [2.05, 4.69) is 15.4 Å². The molecule has 0 spiro atoms. The normalized spacial score (nSPS) is 10.7. The van der Waals surface area contributed by atoms with Crippen LogP contribution in [0.5, 0.6) is 0 Å². The second-order valence-corrected chi connectivity index (χ2v) is 5.06. The number of aryl methyl sites for hydroxylation is 3. The second-order valence-electron chi connectivity index (χ2n) is 4.11. The van der Waals surface area contributed by atoms with Crippen molar-refractivity contribution >= 4 is 22.8 Å². The Balaban J connectivity index is 2.24. The topological polar surface area (TPSA) is 85.9 Å². The van der Waals surface area contributed by atoms with Gasteiger partial charge in [-0.25, -0.2) is 9.67 Å². The van der Waals surface area contributed by atoms with Gasteiger partial charge in [0.1, 0.15) is 10.7 Å². The first-order chi connectivity index (χ1) is 9.02. The van der Waals surface area contributed by atoms with E-state index in [0.717, 1.165) is 10.7 Å². The summed E-state index contributed by atoms with van der Waals surface area (Å²) >= 11 is 1.53. The zero-order chi connectivity index (χ0) is 14.0. The Morgan fingerprint density at radius 1 is 1.58 bits per heavy atom. The van der Waals surface area contributed by atoms with Gasteiger partial charge in [0.2, 0.25) is 5.82 Å². The molecule has 0 saturated carbocycles. The van der Waals surface area contributed by atoms with Crippen molar-refractivity contribution in [2.24, 2.45) is 7.05 Å². The van der Waals surface area contributed by atoms with Crippen molar-refractivity contribution in [1.82, 2.24) is 14.8 Å². The Kier molecular flexibility index (Phi) is 3.79. The Morgan fingerprint density at radius 2 is 2.32 bits per heavy atom. The maximum Gasteiger partial charge on any atom is 0.333 e. The van der Waals surface area contributed by atoms with E-state index in [1.807, 2.05) is 19.2 Å². The van der Waals surface area contributed by atoms with Crippen LogP contribution >= 0.6 is 11.3 Å². The van der Waals surface area contributed by atoms with E-state index < -0.39 is 0 Å². The van der Waals surface area contributed by atoms with Gasteiger partial charge in [-0.2, -0.15) is 5.10 Å². The number of anilines is 1. The molecule has 0 fully saturated rings. The highest BCUT2D eigenvalue weighted by molar-refractivity contribution is 7.09. The highest BCUT2D eigenvalue weighted by atomic mass is 32.1. The van der Waals surface area contributed by atoms with Crippen LogP contribution < -0.4 is 5.32 Å². The van der Waals surface area contributed by atoms with Gasteiger partial charge in [-0.05, 0) is 13.3 Å². The van der Waals surface area contributed by atoms with Gasteiger partial charge >= 0.3 is 5.69 Å². The van der Waals surface area contributed by atoms with Crippen LogP contribution in [0.4, 0.5) is 11.5 Å². The summed E-state index contributed by atoms with van der Waals surface area (Å²) in [4.78, 5) is 15.1. The molecule has 0 saturated heterocycles. The summed E-state index contributed by atoms with van der Waals surface area (Å²) < 4.78 is 1.51. The van der Waals surface area contributed by atoms with E-state index in [1.54, 1.807) is 7.05 Å². The molecule has 0 bridgehead atoms. The smallest absolute Gasteiger partial charge is 0.333 e. The average molecular weight is 281 g/mol. The number of thiazole rings is 1. The van der Waals surface area contributed by atoms with E-state index in [1.165, 1.54) is 16.0 Å². The highest BCUT2D eigenvalue weighted by Crippen LogP contribution is 2.28. The molecule has 2 heterocycles. The fraction of sp³-hybridized carbons (Fsp3) is 0.455. The number of nitrogens with zero attached hydrogens (tertiary/aromatic N) is 4. The number of rotatable bonds is 5. The van der Waals surface area contributed by atoms with Gasteiger partial charge in [0, 0.05) is 18.1 Å². The van der Waals surface area contributed by atoms with Crippen LogP contribution in [-0.2, 0) is 20.0 Å². The van der Waals surface area contributed by atoms with E-state index in [0.29, 0.717) is 24.5 Å². The molecule has 8 heteroatoms. The van der Waals surface area contributed by atoms with Crippen molar-refractivity contribution in [2.75, 3.05) is 5.32 Å². The summed E-state index contributed by atoms with van der Waals surface area (Å²) in [6.45, 7) is 4.23. The number of nitrogens with one attached hydrogen (secondary N) is 1. The zero-order valence-corrected chi connectivity index (χ0v) is 11.8. The van der Waals surface area contributed by atoms with Crippen molar-refractivity contribution in [3.05, 3.63) is 31.9 Å². The molecule has 102 valence electrons. The average Bonchev–Trinajstić information content (AvgIpc) is 2.90. The molecule has 2 aromatic rings. The summed E-state index contributed by atoms with van der Waals surface area (Å²) in [5.74, 6) is 0.426. The third-order valence-corrected chi connectivity index (χ3v) is 3.65. The molecule has 0 aliphatic heterocycles. The molecule has 0 unspecified atom stereocenters. The van der Waals surface area contributed by atoms with Crippen molar-refractivity contribution in [3.63, 3.8) is 0 Å². The molecule has 0 atom stereocenters. The van der Waals surface area contributed by atoms with Crippen LogP contribution in [0, 0.1) is 17.0 Å². The zero-order valence-electron chi connectivity index (χ0n) is 11.0. The second kappa shape index (κ2) is 5.35. The summed E-state index contributed by atoms with van der Waals surface area (Å²) in [6, 6.07) is 0. The minimum Gasteiger partial charge on any atom is -0.358 e. The Morgan fingerprint density at radius 3 is 2.84 bits per heavy atom. The van der Waals surface area contributed by atoms with Gasteiger partial charge < -0.3 is 5.32 Å². The largest absolute Gasteiger partial charge is 0.358 e.